The van der Waals surface area contributed by atoms with E-state index in [1.165, 1.54) is 19.5 Å². The fourth-order valence-electron chi connectivity index (χ4n) is 4.31. The first-order valence-corrected chi connectivity index (χ1v) is 9.31. The van der Waals surface area contributed by atoms with E-state index in [9.17, 15) is 9.59 Å². The summed E-state index contributed by atoms with van der Waals surface area (Å²) < 4.78 is 10.0. The molecule has 4 rings (SSSR count). The van der Waals surface area contributed by atoms with E-state index in [0.29, 0.717) is 23.9 Å². The molecule has 2 aromatic rings. The zero-order chi connectivity index (χ0) is 19.7. The van der Waals surface area contributed by atoms with Gasteiger partial charge in [-0.25, -0.2) is 4.79 Å². The number of pyridine rings is 1. The fourth-order valence-corrected chi connectivity index (χ4v) is 4.31. The Labute approximate surface area is 163 Å². The average molecular weight is 381 g/mol. The Hall–Kier alpha value is -2.93. The van der Waals surface area contributed by atoms with E-state index in [-0.39, 0.29) is 17.5 Å². The minimum atomic E-state index is -0.503. The van der Waals surface area contributed by atoms with Crippen LogP contribution in [0.5, 0.6) is 5.75 Å². The maximum Gasteiger partial charge on any atom is 0.339 e. The lowest BCUT2D eigenvalue weighted by molar-refractivity contribution is 0.0600. The molecule has 3 atom stereocenters. The summed E-state index contributed by atoms with van der Waals surface area (Å²) in [6.45, 7) is 2.46. The summed E-state index contributed by atoms with van der Waals surface area (Å²) in [5.41, 5.74) is 1.76. The van der Waals surface area contributed by atoms with Gasteiger partial charge in [0.05, 0.1) is 31.4 Å². The largest absolute Gasteiger partial charge is 0.497 e. The van der Waals surface area contributed by atoms with Crippen molar-refractivity contribution in [3.8, 4) is 5.75 Å². The third kappa shape index (κ3) is 3.22. The quantitative estimate of drug-likeness (QED) is 0.815. The summed E-state index contributed by atoms with van der Waals surface area (Å²) in [4.78, 5) is 31.1. The molecule has 0 unspecified atom stereocenters. The number of amides is 1. The number of hydrogen-bond donors (Lipinski definition) is 1. The second-order valence-corrected chi connectivity index (χ2v) is 7.21. The van der Waals surface area contributed by atoms with Crippen molar-refractivity contribution in [2.45, 2.75) is 6.04 Å². The molecule has 7 nitrogen and oxygen atoms in total. The van der Waals surface area contributed by atoms with Crippen LogP contribution in [0.2, 0.25) is 0 Å². The number of ether oxygens (including phenoxy) is 2. The van der Waals surface area contributed by atoms with Crippen LogP contribution in [0.15, 0.2) is 42.7 Å². The number of methoxy groups -OCH3 is 2. The molecule has 3 heterocycles. The second kappa shape index (κ2) is 7.59. The Morgan fingerprint density at radius 3 is 2.57 bits per heavy atom. The van der Waals surface area contributed by atoms with Crippen LogP contribution < -0.4 is 10.1 Å². The first-order valence-electron chi connectivity index (χ1n) is 9.31. The Morgan fingerprint density at radius 2 is 1.86 bits per heavy atom. The molecule has 146 valence electrons. The van der Waals surface area contributed by atoms with Crippen molar-refractivity contribution >= 4 is 11.9 Å². The number of aromatic nitrogens is 1. The van der Waals surface area contributed by atoms with E-state index in [4.69, 9.17) is 9.47 Å². The van der Waals surface area contributed by atoms with E-state index < -0.39 is 5.97 Å². The summed E-state index contributed by atoms with van der Waals surface area (Å²) in [5.74, 6) is 0.933. The van der Waals surface area contributed by atoms with Crippen molar-refractivity contribution in [1.29, 1.82) is 0 Å². The Bertz CT molecular complexity index is 883. The van der Waals surface area contributed by atoms with Gasteiger partial charge in [0.15, 0.2) is 0 Å². The predicted octanol–water partition coefficient (Wildman–Crippen LogP) is 1.91. The Morgan fingerprint density at radius 1 is 1.11 bits per heavy atom. The molecule has 0 aliphatic carbocycles. The van der Waals surface area contributed by atoms with Crippen LogP contribution in [0, 0.1) is 11.8 Å². The summed E-state index contributed by atoms with van der Waals surface area (Å²) in [5, 5.41) is 3.44. The number of carbonyl (C=O) groups is 2. The Balaban J connectivity index is 1.66. The molecule has 2 fully saturated rings. The molecule has 1 aromatic heterocycles. The highest BCUT2D eigenvalue weighted by atomic mass is 16.5. The fraction of sp³-hybridized carbons (Fsp3) is 0.381. The van der Waals surface area contributed by atoms with Crippen molar-refractivity contribution in [3.05, 3.63) is 59.4 Å². The van der Waals surface area contributed by atoms with Gasteiger partial charge < -0.3 is 19.7 Å². The lowest BCUT2D eigenvalue weighted by atomic mass is 9.89. The number of hydrogen-bond acceptors (Lipinski definition) is 6. The highest BCUT2D eigenvalue weighted by molar-refractivity contribution is 5.97. The molecule has 0 bridgehead atoms. The Kier molecular flexibility index (Phi) is 5.00. The summed E-state index contributed by atoms with van der Waals surface area (Å²) in [6.07, 6.45) is 2.92. The highest BCUT2D eigenvalue weighted by Crippen LogP contribution is 2.43. The summed E-state index contributed by atoms with van der Waals surface area (Å²) >= 11 is 0. The molecule has 2 saturated heterocycles. The van der Waals surface area contributed by atoms with Gasteiger partial charge in [0.2, 0.25) is 0 Å². The number of rotatable bonds is 4. The van der Waals surface area contributed by atoms with Crippen LogP contribution in [-0.4, -0.2) is 55.6 Å². The van der Waals surface area contributed by atoms with Crippen molar-refractivity contribution in [2.24, 2.45) is 11.8 Å². The molecule has 2 aliphatic heterocycles. The molecule has 7 heteroatoms. The molecule has 1 amide bonds. The standard InChI is InChI=1S/C21H23N3O4/c1-27-17-5-3-13(4-6-17)19-18-11-23-10-16(18)12-24(19)20(25)14-7-15(9-22-8-14)21(26)28-2/h3-9,16,18-19,23H,10-12H2,1-2H3/t16-,18-,19+/m0/s1. The average Bonchev–Trinajstić information content (AvgIpc) is 3.34. The van der Waals surface area contributed by atoms with E-state index in [1.54, 1.807) is 13.2 Å². The number of nitrogens with zero attached hydrogens (tertiary/aromatic N) is 2. The molecule has 1 N–H and O–H groups in total. The van der Waals surface area contributed by atoms with E-state index in [1.807, 2.05) is 29.2 Å². The monoisotopic (exact) mass is 381 g/mol. The van der Waals surface area contributed by atoms with Gasteiger partial charge in [0, 0.05) is 37.9 Å². The lowest BCUT2D eigenvalue weighted by Gasteiger charge is -2.28. The number of carbonyl (C=O) groups excluding carboxylic acids is 2. The van der Waals surface area contributed by atoms with Crippen LogP contribution in [0.3, 0.4) is 0 Å². The minimum Gasteiger partial charge on any atom is -0.497 e. The van der Waals surface area contributed by atoms with Crippen LogP contribution in [0.25, 0.3) is 0 Å². The molecule has 0 saturated carbocycles. The summed E-state index contributed by atoms with van der Waals surface area (Å²) in [7, 11) is 2.95. The molecular weight excluding hydrogens is 358 g/mol. The zero-order valence-electron chi connectivity index (χ0n) is 15.9. The van der Waals surface area contributed by atoms with Gasteiger partial charge in [-0.3, -0.25) is 9.78 Å². The third-order valence-corrected chi connectivity index (χ3v) is 5.69. The van der Waals surface area contributed by atoms with Crippen molar-refractivity contribution < 1.29 is 19.1 Å². The first kappa shape index (κ1) is 18.4. The first-order chi connectivity index (χ1) is 13.6. The van der Waals surface area contributed by atoms with Gasteiger partial charge in [-0.1, -0.05) is 12.1 Å². The smallest absolute Gasteiger partial charge is 0.339 e. The molecular formula is C21H23N3O4. The SMILES string of the molecule is COC(=O)c1cncc(C(=O)N2C[C@@H]3CNC[C@@H]3[C@H]2c2ccc(OC)cc2)c1. The van der Waals surface area contributed by atoms with E-state index in [2.05, 4.69) is 10.3 Å². The van der Waals surface area contributed by atoms with Crippen LogP contribution in [0.4, 0.5) is 0 Å². The van der Waals surface area contributed by atoms with Crippen LogP contribution in [-0.2, 0) is 4.74 Å². The van der Waals surface area contributed by atoms with Gasteiger partial charge in [-0.05, 0) is 29.7 Å². The van der Waals surface area contributed by atoms with Gasteiger partial charge >= 0.3 is 5.97 Å². The van der Waals surface area contributed by atoms with Gasteiger partial charge in [-0.15, -0.1) is 0 Å². The van der Waals surface area contributed by atoms with E-state index in [0.717, 1.165) is 24.4 Å². The maximum atomic E-state index is 13.3. The van der Waals surface area contributed by atoms with Crippen molar-refractivity contribution in [3.63, 3.8) is 0 Å². The number of likely N-dealkylation sites (tertiary alicyclic amines) is 1. The molecule has 2 aliphatic rings. The lowest BCUT2D eigenvalue weighted by Crippen LogP contribution is -2.34. The molecule has 1 aromatic carbocycles. The van der Waals surface area contributed by atoms with Crippen LogP contribution >= 0.6 is 0 Å². The topological polar surface area (TPSA) is 80.8 Å². The van der Waals surface area contributed by atoms with Crippen LogP contribution in [0.1, 0.15) is 32.3 Å². The number of fused-ring (bicyclic) bond motifs is 1. The van der Waals surface area contributed by atoms with Gasteiger partial charge in [-0.2, -0.15) is 0 Å². The molecule has 0 spiro atoms. The van der Waals surface area contributed by atoms with Crippen molar-refractivity contribution in [2.75, 3.05) is 33.9 Å². The predicted molar refractivity (Wildman–Crippen MR) is 102 cm³/mol. The van der Waals surface area contributed by atoms with Crippen molar-refractivity contribution in [1.82, 2.24) is 15.2 Å². The minimum absolute atomic E-state index is 0.0276. The maximum absolute atomic E-state index is 13.3. The number of benzene rings is 1. The number of nitrogens with one attached hydrogen (secondary N) is 1. The van der Waals surface area contributed by atoms with Gasteiger partial charge in [0.1, 0.15) is 5.75 Å². The second-order valence-electron chi connectivity index (χ2n) is 7.21. The normalized spacial score (nSPS) is 23.4. The third-order valence-electron chi connectivity index (χ3n) is 5.69. The number of esters is 1. The van der Waals surface area contributed by atoms with E-state index >= 15 is 0 Å². The summed E-state index contributed by atoms with van der Waals surface area (Å²) in [6, 6.07) is 9.42. The molecule has 28 heavy (non-hydrogen) atoms. The van der Waals surface area contributed by atoms with Gasteiger partial charge in [0.25, 0.3) is 5.91 Å². The highest BCUT2D eigenvalue weighted by Gasteiger charge is 2.46. The molecule has 0 radical (unpaired) electrons. The zero-order valence-corrected chi connectivity index (χ0v) is 15.9.